The molecule has 2 heterocycles. The summed E-state index contributed by atoms with van der Waals surface area (Å²) in [6, 6.07) is 4.24. The van der Waals surface area contributed by atoms with E-state index in [0.717, 1.165) is 31.0 Å². The quantitative estimate of drug-likeness (QED) is 0.832. The third kappa shape index (κ3) is 2.97. The van der Waals surface area contributed by atoms with Crippen LogP contribution in [0.3, 0.4) is 0 Å². The Bertz CT molecular complexity index is 433. The lowest BCUT2D eigenvalue weighted by atomic mass is 10.1. The first-order chi connectivity index (χ1) is 8.31. The van der Waals surface area contributed by atoms with Crippen molar-refractivity contribution in [1.29, 1.82) is 0 Å². The minimum Gasteiger partial charge on any atom is -0.468 e. The molecule has 0 bridgehead atoms. The Morgan fingerprint density at radius 1 is 1.53 bits per heavy atom. The Kier molecular flexibility index (Phi) is 3.98. The van der Waals surface area contributed by atoms with Gasteiger partial charge in [-0.1, -0.05) is 6.92 Å². The molecule has 0 saturated heterocycles. The Morgan fingerprint density at radius 3 is 3.00 bits per heavy atom. The second-order valence-corrected chi connectivity index (χ2v) is 4.13. The SMILES string of the molecule is CCC(NCCc1nccn1C)c1ccco1. The molecule has 0 amide bonds. The fourth-order valence-electron chi connectivity index (χ4n) is 1.93. The lowest BCUT2D eigenvalue weighted by molar-refractivity contribution is 0.404. The zero-order valence-corrected chi connectivity index (χ0v) is 10.4. The van der Waals surface area contributed by atoms with Crippen molar-refractivity contribution in [3.05, 3.63) is 42.4 Å². The summed E-state index contributed by atoms with van der Waals surface area (Å²) >= 11 is 0. The van der Waals surface area contributed by atoms with Crippen LogP contribution in [0, 0.1) is 0 Å². The summed E-state index contributed by atoms with van der Waals surface area (Å²) in [7, 11) is 2.02. The van der Waals surface area contributed by atoms with Gasteiger partial charge in [0.1, 0.15) is 11.6 Å². The molecule has 0 radical (unpaired) electrons. The topological polar surface area (TPSA) is 43.0 Å². The highest BCUT2D eigenvalue weighted by Crippen LogP contribution is 2.16. The first-order valence-electron chi connectivity index (χ1n) is 6.04. The van der Waals surface area contributed by atoms with Crippen LogP contribution in [-0.2, 0) is 13.5 Å². The molecule has 4 nitrogen and oxygen atoms in total. The number of hydrogen-bond donors (Lipinski definition) is 1. The third-order valence-corrected chi connectivity index (χ3v) is 2.96. The van der Waals surface area contributed by atoms with E-state index in [-0.39, 0.29) is 0 Å². The van der Waals surface area contributed by atoms with Crippen molar-refractivity contribution in [1.82, 2.24) is 14.9 Å². The molecular formula is C13H19N3O. The average Bonchev–Trinajstić information content (AvgIpc) is 2.97. The average molecular weight is 233 g/mol. The molecular weight excluding hydrogens is 214 g/mol. The minimum absolute atomic E-state index is 0.297. The van der Waals surface area contributed by atoms with Crippen molar-refractivity contribution >= 4 is 0 Å². The van der Waals surface area contributed by atoms with Crippen LogP contribution in [0.2, 0.25) is 0 Å². The Balaban J connectivity index is 1.83. The van der Waals surface area contributed by atoms with Gasteiger partial charge in [-0.25, -0.2) is 4.98 Å². The van der Waals surface area contributed by atoms with Crippen molar-refractivity contribution in [3.8, 4) is 0 Å². The zero-order valence-electron chi connectivity index (χ0n) is 10.4. The van der Waals surface area contributed by atoms with E-state index in [4.69, 9.17) is 4.42 Å². The van der Waals surface area contributed by atoms with Crippen molar-refractivity contribution in [2.24, 2.45) is 7.05 Å². The van der Waals surface area contributed by atoms with E-state index in [2.05, 4.69) is 21.8 Å². The maximum absolute atomic E-state index is 5.41. The highest BCUT2D eigenvalue weighted by Gasteiger charge is 2.11. The van der Waals surface area contributed by atoms with E-state index in [9.17, 15) is 0 Å². The van der Waals surface area contributed by atoms with Crippen molar-refractivity contribution in [2.45, 2.75) is 25.8 Å². The molecule has 0 saturated carbocycles. The van der Waals surface area contributed by atoms with Crippen molar-refractivity contribution in [3.63, 3.8) is 0 Å². The summed E-state index contributed by atoms with van der Waals surface area (Å²) in [6.07, 6.45) is 7.48. The molecule has 0 aromatic carbocycles. The maximum atomic E-state index is 5.41. The van der Waals surface area contributed by atoms with Crippen LogP contribution < -0.4 is 5.32 Å². The van der Waals surface area contributed by atoms with Gasteiger partial charge in [0.15, 0.2) is 0 Å². The summed E-state index contributed by atoms with van der Waals surface area (Å²) in [5.74, 6) is 2.11. The molecule has 0 fully saturated rings. The molecule has 0 aliphatic carbocycles. The predicted molar refractivity (Wildman–Crippen MR) is 66.7 cm³/mol. The number of imidazole rings is 1. The molecule has 92 valence electrons. The number of furan rings is 1. The fraction of sp³-hybridized carbons (Fsp3) is 0.462. The van der Waals surface area contributed by atoms with Crippen molar-refractivity contribution < 1.29 is 4.42 Å². The smallest absolute Gasteiger partial charge is 0.120 e. The van der Waals surface area contributed by atoms with Crippen LogP contribution in [-0.4, -0.2) is 16.1 Å². The van der Waals surface area contributed by atoms with Gasteiger partial charge in [-0.15, -0.1) is 0 Å². The van der Waals surface area contributed by atoms with Gasteiger partial charge in [-0.05, 0) is 18.6 Å². The first kappa shape index (κ1) is 11.9. The van der Waals surface area contributed by atoms with E-state index < -0.39 is 0 Å². The third-order valence-electron chi connectivity index (χ3n) is 2.96. The molecule has 4 heteroatoms. The molecule has 0 aliphatic rings. The molecule has 1 unspecified atom stereocenters. The normalized spacial score (nSPS) is 12.8. The lowest BCUT2D eigenvalue weighted by Crippen LogP contribution is -2.23. The maximum Gasteiger partial charge on any atom is 0.120 e. The van der Waals surface area contributed by atoms with E-state index in [0.29, 0.717) is 6.04 Å². The van der Waals surface area contributed by atoms with Crippen LogP contribution in [0.1, 0.15) is 31.0 Å². The van der Waals surface area contributed by atoms with Crippen LogP contribution in [0.15, 0.2) is 35.2 Å². The Morgan fingerprint density at radius 2 is 2.41 bits per heavy atom. The number of aromatic nitrogens is 2. The standard InChI is InChI=1S/C13H19N3O/c1-3-11(12-5-4-10-17-12)14-7-6-13-15-8-9-16(13)2/h4-5,8-11,14H,3,6-7H2,1-2H3. The molecule has 1 N–H and O–H groups in total. The highest BCUT2D eigenvalue weighted by molar-refractivity contribution is 5.04. The number of nitrogens with zero attached hydrogens (tertiary/aromatic N) is 2. The van der Waals surface area contributed by atoms with Gasteiger partial charge in [0.2, 0.25) is 0 Å². The molecule has 17 heavy (non-hydrogen) atoms. The molecule has 0 aliphatic heterocycles. The predicted octanol–water partition coefficient (Wildman–Crippen LogP) is 2.30. The first-order valence-corrected chi connectivity index (χ1v) is 6.04. The molecule has 2 rings (SSSR count). The monoisotopic (exact) mass is 233 g/mol. The second kappa shape index (κ2) is 5.68. The van der Waals surface area contributed by atoms with Gasteiger partial charge in [0, 0.05) is 32.4 Å². The lowest BCUT2D eigenvalue weighted by Gasteiger charge is -2.14. The highest BCUT2D eigenvalue weighted by atomic mass is 16.3. The van der Waals surface area contributed by atoms with Crippen LogP contribution in [0.4, 0.5) is 0 Å². The molecule has 0 spiro atoms. The van der Waals surface area contributed by atoms with E-state index in [1.165, 1.54) is 0 Å². The molecule has 1 atom stereocenters. The zero-order chi connectivity index (χ0) is 12.1. The van der Waals surface area contributed by atoms with E-state index in [1.54, 1.807) is 6.26 Å². The van der Waals surface area contributed by atoms with Crippen LogP contribution in [0.25, 0.3) is 0 Å². The number of hydrogen-bond acceptors (Lipinski definition) is 3. The summed E-state index contributed by atoms with van der Waals surface area (Å²) in [5.41, 5.74) is 0. The summed E-state index contributed by atoms with van der Waals surface area (Å²) in [6.45, 7) is 3.06. The van der Waals surface area contributed by atoms with Crippen LogP contribution in [0.5, 0.6) is 0 Å². The second-order valence-electron chi connectivity index (χ2n) is 4.13. The molecule has 2 aromatic heterocycles. The molecule has 2 aromatic rings. The summed E-state index contributed by atoms with van der Waals surface area (Å²) in [4.78, 5) is 4.30. The van der Waals surface area contributed by atoms with Gasteiger partial charge < -0.3 is 14.3 Å². The van der Waals surface area contributed by atoms with Crippen molar-refractivity contribution in [2.75, 3.05) is 6.54 Å². The Hall–Kier alpha value is -1.55. The van der Waals surface area contributed by atoms with Gasteiger partial charge in [0.05, 0.1) is 12.3 Å². The van der Waals surface area contributed by atoms with Gasteiger partial charge in [0.25, 0.3) is 0 Å². The van der Waals surface area contributed by atoms with Gasteiger partial charge in [-0.2, -0.15) is 0 Å². The van der Waals surface area contributed by atoms with E-state index >= 15 is 0 Å². The number of nitrogens with one attached hydrogen (secondary N) is 1. The van der Waals surface area contributed by atoms with Gasteiger partial charge >= 0.3 is 0 Å². The summed E-state index contributed by atoms with van der Waals surface area (Å²) in [5, 5.41) is 3.49. The summed E-state index contributed by atoms with van der Waals surface area (Å²) < 4.78 is 7.47. The van der Waals surface area contributed by atoms with E-state index in [1.807, 2.05) is 31.6 Å². The fourth-order valence-corrected chi connectivity index (χ4v) is 1.93. The minimum atomic E-state index is 0.297. The Labute approximate surface area is 102 Å². The number of rotatable bonds is 6. The number of aryl methyl sites for hydroxylation is 1. The van der Waals surface area contributed by atoms with Crippen LogP contribution >= 0.6 is 0 Å². The van der Waals surface area contributed by atoms with Gasteiger partial charge in [-0.3, -0.25) is 0 Å². The largest absolute Gasteiger partial charge is 0.468 e.